The number of methoxy groups -OCH3 is 2. The smallest absolute Gasteiger partial charge is 0.160 e. The molecule has 3 N–H and O–H groups in total. The standard InChI is InChI=1S/C18H21NO4/c1-22-17-4-3-11(8-15(17)20)7-14-13-10-16(21)18(23-2)9-12(13)5-6-19-14/h3-4,8-10,14,19-21H,5-7H2,1-2H3/t14-/m1/s1. The summed E-state index contributed by atoms with van der Waals surface area (Å²) < 4.78 is 10.3. The molecule has 23 heavy (non-hydrogen) atoms. The van der Waals surface area contributed by atoms with Crippen LogP contribution in [0.25, 0.3) is 0 Å². The lowest BCUT2D eigenvalue weighted by atomic mass is 9.90. The SMILES string of the molecule is COc1ccc(C[C@H]2NCCc3cc(OC)c(O)cc32)cc1O. The van der Waals surface area contributed by atoms with Crippen molar-refractivity contribution in [1.82, 2.24) is 5.32 Å². The van der Waals surface area contributed by atoms with Gasteiger partial charge in [-0.25, -0.2) is 0 Å². The zero-order valence-electron chi connectivity index (χ0n) is 13.3. The van der Waals surface area contributed by atoms with Gasteiger partial charge >= 0.3 is 0 Å². The highest BCUT2D eigenvalue weighted by atomic mass is 16.5. The van der Waals surface area contributed by atoms with Crippen molar-refractivity contribution in [2.24, 2.45) is 0 Å². The fraction of sp³-hybridized carbons (Fsp3) is 0.333. The third-order valence-corrected chi connectivity index (χ3v) is 4.28. The predicted octanol–water partition coefficient (Wildman–Crippen LogP) is 2.54. The van der Waals surface area contributed by atoms with Crippen LogP contribution in [-0.2, 0) is 12.8 Å². The first-order valence-corrected chi connectivity index (χ1v) is 7.61. The molecule has 2 aromatic carbocycles. The summed E-state index contributed by atoms with van der Waals surface area (Å²) >= 11 is 0. The Kier molecular flexibility index (Phi) is 4.30. The van der Waals surface area contributed by atoms with Crippen molar-refractivity contribution in [3.63, 3.8) is 0 Å². The predicted molar refractivity (Wildman–Crippen MR) is 87.5 cm³/mol. The van der Waals surface area contributed by atoms with Gasteiger partial charge in [0.2, 0.25) is 0 Å². The summed E-state index contributed by atoms with van der Waals surface area (Å²) in [5, 5.41) is 23.5. The maximum Gasteiger partial charge on any atom is 0.160 e. The highest BCUT2D eigenvalue weighted by Crippen LogP contribution is 2.36. The topological polar surface area (TPSA) is 71.0 Å². The van der Waals surface area contributed by atoms with Gasteiger partial charge in [0.25, 0.3) is 0 Å². The van der Waals surface area contributed by atoms with Crippen LogP contribution in [-0.4, -0.2) is 31.0 Å². The maximum absolute atomic E-state index is 10.1. The number of phenolic OH excluding ortho intramolecular Hbond substituents is 2. The fourth-order valence-electron chi connectivity index (χ4n) is 3.10. The average molecular weight is 315 g/mol. The second-order valence-electron chi connectivity index (χ2n) is 5.69. The molecular formula is C18H21NO4. The number of benzene rings is 2. The van der Waals surface area contributed by atoms with Gasteiger partial charge in [-0.3, -0.25) is 0 Å². The molecule has 0 unspecified atom stereocenters. The zero-order valence-corrected chi connectivity index (χ0v) is 13.3. The van der Waals surface area contributed by atoms with Gasteiger partial charge in [-0.1, -0.05) is 6.07 Å². The minimum absolute atomic E-state index is 0.0864. The molecule has 0 aromatic heterocycles. The second kappa shape index (κ2) is 6.38. The molecule has 5 nitrogen and oxygen atoms in total. The van der Waals surface area contributed by atoms with Crippen LogP contribution in [0.5, 0.6) is 23.0 Å². The summed E-state index contributed by atoms with van der Waals surface area (Å²) in [7, 11) is 3.09. The summed E-state index contributed by atoms with van der Waals surface area (Å²) in [5.74, 6) is 1.26. The molecule has 0 bridgehead atoms. The Balaban J connectivity index is 1.88. The van der Waals surface area contributed by atoms with E-state index in [0.29, 0.717) is 11.5 Å². The van der Waals surface area contributed by atoms with Gasteiger partial charge < -0.3 is 25.0 Å². The summed E-state index contributed by atoms with van der Waals surface area (Å²) in [5.41, 5.74) is 3.26. The third-order valence-electron chi connectivity index (χ3n) is 4.28. The van der Waals surface area contributed by atoms with Crippen molar-refractivity contribution >= 4 is 0 Å². The Labute approximate surface area is 135 Å². The molecular weight excluding hydrogens is 294 g/mol. The first kappa shape index (κ1) is 15.5. The Bertz CT molecular complexity index is 714. The van der Waals surface area contributed by atoms with Crippen molar-refractivity contribution < 1.29 is 19.7 Å². The number of hydrogen-bond donors (Lipinski definition) is 3. The van der Waals surface area contributed by atoms with E-state index in [1.54, 1.807) is 25.3 Å². The van der Waals surface area contributed by atoms with Crippen LogP contribution in [0.4, 0.5) is 0 Å². The molecule has 122 valence electrons. The lowest BCUT2D eigenvalue weighted by Gasteiger charge is -2.28. The van der Waals surface area contributed by atoms with Crippen molar-refractivity contribution in [1.29, 1.82) is 0 Å². The number of aromatic hydroxyl groups is 2. The van der Waals surface area contributed by atoms with Crippen LogP contribution in [0, 0.1) is 0 Å². The molecule has 1 aliphatic heterocycles. The normalized spacial score (nSPS) is 16.7. The quantitative estimate of drug-likeness (QED) is 0.809. The van der Waals surface area contributed by atoms with E-state index in [4.69, 9.17) is 9.47 Å². The number of nitrogens with one attached hydrogen (secondary N) is 1. The summed E-state index contributed by atoms with van der Waals surface area (Å²) in [6.07, 6.45) is 1.62. The van der Waals surface area contributed by atoms with E-state index in [1.165, 1.54) is 12.7 Å². The van der Waals surface area contributed by atoms with Crippen LogP contribution in [0.15, 0.2) is 30.3 Å². The fourth-order valence-corrected chi connectivity index (χ4v) is 3.10. The molecule has 0 amide bonds. The molecule has 3 rings (SSSR count). The first-order valence-electron chi connectivity index (χ1n) is 7.61. The van der Waals surface area contributed by atoms with E-state index in [0.717, 1.165) is 30.5 Å². The number of phenols is 2. The number of ether oxygens (including phenoxy) is 2. The van der Waals surface area contributed by atoms with Gasteiger partial charge in [0, 0.05) is 6.04 Å². The molecule has 1 heterocycles. The van der Waals surface area contributed by atoms with Gasteiger partial charge in [-0.2, -0.15) is 0 Å². The van der Waals surface area contributed by atoms with E-state index in [9.17, 15) is 10.2 Å². The van der Waals surface area contributed by atoms with E-state index in [1.807, 2.05) is 12.1 Å². The third kappa shape index (κ3) is 3.05. The molecule has 0 spiro atoms. The van der Waals surface area contributed by atoms with E-state index < -0.39 is 0 Å². The highest BCUT2D eigenvalue weighted by Gasteiger charge is 2.22. The maximum atomic E-state index is 10.1. The van der Waals surface area contributed by atoms with Gasteiger partial charge in [0.05, 0.1) is 14.2 Å². The van der Waals surface area contributed by atoms with Gasteiger partial charge in [-0.15, -0.1) is 0 Å². The molecule has 1 atom stereocenters. The van der Waals surface area contributed by atoms with Crippen LogP contribution >= 0.6 is 0 Å². The van der Waals surface area contributed by atoms with E-state index >= 15 is 0 Å². The molecule has 0 saturated carbocycles. The largest absolute Gasteiger partial charge is 0.504 e. The van der Waals surface area contributed by atoms with E-state index in [2.05, 4.69) is 5.32 Å². The highest BCUT2D eigenvalue weighted by molar-refractivity contribution is 5.49. The van der Waals surface area contributed by atoms with E-state index in [-0.39, 0.29) is 17.5 Å². The summed E-state index contributed by atoms with van der Waals surface area (Å²) in [6.45, 7) is 0.869. The molecule has 0 aliphatic carbocycles. The molecule has 5 heteroatoms. The minimum atomic E-state index is 0.0864. The number of fused-ring (bicyclic) bond motifs is 1. The first-order chi connectivity index (χ1) is 11.1. The summed E-state index contributed by atoms with van der Waals surface area (Å²) in [6, 6.07) is 9.19. The van der Waals surface area contributed by atoms with Crippen molar-refractivity contribution in [3.05, 3.63) is 47.0 Å². The molecule has 0 fully saturated rings. The Morgan fingerprint density at radius 2 is 1.78 bits per heavy atom. The van der Waals surface area contributed by atoms with Gasteiger partial charge in [-0.05, 0) is 60.3 Å². The van der Waals surface area contributed by atoms with Gasteiger partial charge in [0.15, 0.2) is 23.0 Å². The Hall–Kier alpha value is -2.40. The number of rotatable bonds is 4. The van der Waals surface area contributed by atoms with Crippen LogP contribution in [0.3, 0.4) is 0 Å². The Morgan fingerprint density at radius 1 is 1.04 bits per heavy atom. The average Bonchev–Trinajstić information content (AvgIpc) is 2.55. The van der Waals surface area contributed by atoms with Crippen molar-refractivity contribution in [3.8, 4) is 23.0 Å². The van der Waals surface area contributed by atoms with Crippen LogP contribution in [0.1, 0.15) is 22.7 Å². The van der Waals surface area contributed by atoms with Crippen molar-refractivity contribution in [2.75, 3.05) is 20.8 Å². The number of hydrogen-bond acceptors (Lipinski definition) is 5. The monoisotopic (exact) mass is 315 g/mol. The second-order valence-corrected chi connectivity index (χ2v) is 5.69. The zero-order chi connectivity index (χ0) is 16.4. The lowest BCUT2D eigenvalue weighted by Crippen LogP contribution is -2.31. The van der Waals surface area contributed by atoms with Crippen molar-refractivity contribution in [2.45, 2.75) is 18.9 Å². The molecule has 0 radical (unpaired) electrons. The Morgan fingerprint density at radius 3 is 2.48 bits per heavy atom. The lowest BCUT2D eigenvalue weighted by molar-refractivity contribution is 0.369. The molecule has 0 saturated heterocycles. The molecule has 2 aromatic rings. The van der Waals surface area contributed by atoms with Gasteiger partial charge in [0.1, 0.15) is 0 Å². The molecule has 1 aliphatic rings. The van der Waals surface area contributed by atoms with Crippen LogP contribution in [0.2, 0.25) is 0 Å². The minimum Gasteiger partial charge on any atom is -0.504 e. The van der Waals surface area contributed by atoms with Crippen LogP contribution < -0.4 is 14.8 Å². The summed E-state index contributed by atoms with van der Waals surface area (Å²) in [4.78, 5) is 0.